The summed E-state index contributed by atoms with van der Waals surface area (Å²) in [6.07, 6.45) is 35.5. The van der Waals surface area contributed by atoms with Crippen molar-refractivity contribution in [1.29, 1.82) is 0 Å². The van der Waals surface area contributed by atoms with Crippen molar-refractivity contribution < 1.29 is 66.7 Å². The third-order valence-electron chi connectivity index (χ3n) is 8.37. The zero-order chi connectivity index (χ0) is 44.0. The molecule has 0 aliphatic carbocycles. The standard InChI is InChI=1S/C43H74O14P2/c1-4-5-24-30-39(44)31-26-21-17-13-9-7-6-8-10-14-19-23-28-33-43(47)57-41(37-56-59(51,52)55-35-40(45)34-54-58(48,49)50)36-53-42(46)32-27-22-18-15-11-12-16-20-25-29-38(2)3/h5,7-10,17,19,21,23-24,26,31,38-41,44-45H,4,6,11-16,18,20,22,25,27-30,32-37H2,1-3H3,(H,51,52)(H2,48,49,50)/b9-7-,10-8-,21-17+,23-19-,24-5-,31-26+/t39?,40-,41+/m0/s1. The van der Waals surface area contributed by atoms with Gasteiger partial charge in [0, 0.05) is 12.8 Å². The number of esters is 2. The largest absolute Gasteiger partial charge is 0.472 e. The van der Waals surface area contributed by atoms with Crippen LogP contribution >= 0.6 is 15.6 Å². The second-order valence-corrected chi connectivity index (χ2v) is 17.3. The molecule has 0 saturated carbocycles. The zero-order valence-electron chi connectivity index (χ0n) is 35.6. The van der Waals surface area contributed by atoms with Gasteiger partial charge in [-0.15, -0.1) is 0 Å². The fourth-order valence-corrected chi connectivity index (χ4v) is 6.33. The number of rotatable bonds is 38. The molecule has 0 fully saturated rings. The summed E-state index contributed by atoms with van der Waals surface area (Å²) in [4.78, 5) is 52.6. The molecule has 0 radical (unpaired) electrons. The van der Waals surface area contributed by atoms with Crippen LogP contribution in [0, 0.1) is 5.92 Å². The first-order valence-corrected chi connectivity index (χ1v) is 24.1. The molecule has 0 spiro atoms. The Morgan fingerprint density at radius 3 is 1.78 bits per heavy atom. The van der Waals surface area contributed by atoms with Gasteiger partial charge in [-0.2, -0.15) is 0 Å². The molecule has 340 valence electrons. The van der Waals surface area contributed by atoms with Crippen molar-refractivity contribution >= 4 is 27.6 Å². The number of aliphatic hydroxyl groups is 2. The highest BCUT2D eigenvalue weighted by atomic mass is 31.2. The van der Waals surface area contributed by atoms with E-state index in [4.69, 9.17) is 23.8 Å². The molecule has 0 bridgehead atoms. The van der Waals surface area contributed by atoms with Crippen LogP contribution in [0.3, 0.4) is 0 Å². The van der Waals surface area contributed by atoms with E-state index in [0.29, 0.717) is 25.7 Å². The lowest BCUT2D eigenvalue weighted by Gasteiger charge is -2.20. The van der Waals surface area contributed by atoms with Crippen molar-refractivity contribution in [3.05, 3.63) is 72.9 Å². The van der Waals surface area contributed by atoms with Crippen LogP contribution in [0.1, 0.15) is 136 Å². The molecule has 16 heteroatoms. The van der Waals surface area contributed by atoms with Gasteiger partial charge in [0.2, 0.25) is 0 Å². The second-order valence-electron chi connectivity index (χ2n) is 14.6. The van der Waals surface area contributed by atoms with Crippen molar-refractivity contribution in [3.63, 3.8) is 0 Å². The molecule has 0 heterocycles. The lowest BCUT2D eigenvalue weighted by Crippen LogP contribution is -2.29. The van der Waals surface area contributed by atoms with Crippen LogP contribution in [0.2, 0.25) is 0 Å². The summed E-state index contributed by atoms with van der Waals surface area (Å²) in [7, 11) is -9.71. The predicted octanol–water partition coefficient (Wildman–Crippen LogP) is 9.44. The van der Waals surface area contributed by atoms with Crippen LogP contribution in [0.5, 0.6) is 0 Å². The normalized spacial score (nSPS) is 15.4. The summed E-state index contributed by atoms with van der Waals surface area (Å²) in [6.45, 7) is 3.71. The number of phosphoric acid groups is 2. The molecule has 5 N–H and O–H groups in total. The van der Waals surface area contributed by atoms with E-state index in [1.807, 2.05) is 54.7 Å². The van der Waals surface area contributed by atoms with Crippen LogP contribution in [-0.4, -0.2) is 81.6 Å². The lowest BCUT2D eigenvalue weighted by molar-refractivity contribution is -0.161. The lowest BCUT2D eigenvalue weighted by atomic mass is 10.0. The van der Waals surface area contributed by atoms with Crippen molar-refractivity contribution in [2.75, 3.05) is 26.4 Å². The Bertz CT molecular complexity index is 1350. The fraction of sp³-hybridized carbons (Fsp3) is 0.674. The molecule has 14 nitrogen and oxygen atoms in total. The molecule has 4 atom stereocenters. The number of allylic oxidation sites excluding steroid dienone is 10. The maximum absolute atomic E-state index is 12.6. The minimum Gasteiger partial charge on any atom is -0.462 e. The summed E-state index contributed by atoms with van der Waals surface area (Å²) < 4.78 is 47.6. The number of phosphoric ester groups is 2. The fourth-order valence-electron chi connectivity index (χ4n) is 5.17. The Kier molecular flexibility index (Phi) is 35.7. The van der Waals surface area contributed by atoms with Gasteiger partial charge in [0.05, 0.1) is 25.9 Å². The van der Waals surface area contributed by atoms with Gasteiger partial charge in [-0.3, -0.25) is 23.2 Å². The molecule has 0 saturated heterocycles. The van der Waals surface area contributed by atoms with Crippen molar-refractivity contribution in [1.82, 2.24) is 0 Å². The van der Waals surface area contributed by atoms with E-state index >= 15 is 0 Å². The molecule has 0 amide bonds. The first-order valence-electron chi connectivity index (χ1n) is 21.1. The van der Waals surface area contributed by atoms with Gasteiger partial charge >= 0.3 is 27.6 Å². The first-order chi connectivity index (χ1) is 28.1. The Balaban J connectivity index is 4.71. The highest BCUT2D eigenvalue weighted by Crippen LogP contribution is 2.43. The van der Waals surface area contributed by atoms with Gasteiger partial charge < -0.3 is 34.4 Å². The maximum Gasteiger partial charge on any atom is 0.472 e. The topological polar surface area (TPSA) is 216 Å². The smallest absolute Gasteiger partial charge is 0.462 e. The molecule has 59 heavy (non-hydrogen) atoms. The monoisotopic (exact) mass is 876 g/mol. The highest BCUT2D eigenvalue weighted by Gasteiger charge is 2.28. The molecule has 0 aliphatic heterocycles. The Labute approximate surface area is 353 Å². The Hall–Kier alpha value is -2.48. The van der Waals surface area contributed by atoms with E-state index in [-0.39, 0.29) is 12.8 Å². The maximum atomic E-state index is 12.6. The number of hydrogen-bond acceptors (Lipinski definition) is 11. The molecule has 0 aliphatic rings. The zero-order valence-corrected chi connectivity index (χ0v) is 37.4. The van der Waals surface area contributed by atoms with Crippen LogP contribution < -0.4 is 0 Å². The minimum absolute atomic E-state index is 0.0119. The average molecular weight is 877 g/mol. The molecule has 2 unspecified atom stereocenters. The molecular weight excluding hydrogens is 802 g/mol. The van der Waals surface area contributed by atoms with Crippen molar-refractivity contribution in [3.8, 4) is 0 Å². The Morgan fingerprint density at radius 1 is 0.610 bits per heavy atom. The van der Waals surface area contributed by atoms with Crippen molar-refractivity contribution in [2.45, 2.75) is 155 Å². The molecule has 0 aromatic carbocycles. The van der Waals surface area contributed by atoms with Crippen LogP contribution in [-0.2, 0) is 41.8 Å². The number of unbranched alkanes of at least 4 members (excludes halogenated alkanes) is 8. The van der Waals surface area contributed by atoms with Crippen LogP contribution in [0.4, 0.5) is 0 Å². The van der Waals surface area contributed by atoms with Gasteiger partial charge in [-0.05, 0) is 50.9 Å². The molecule has 0 aromatic rings. The predicted molar refractivity (Wildman–Crippen MR) is 231 cm³/mol. The van der Waals surface area contributed by atoms with E-state index < -0.39 is 72.3 Å². The van der Waals surface area contributed by atoms with Gasteiger partial charge in [0.1, 0.15) is 12.7 Å². The highest BCUT2D eigenvalue weighted by molar-refractivity contribution is 7.47. The number of carbonyl (C=O) groups is 2. The summed E-state index contributed by atoms with van der Waals surface area (Å²) in [6, 6.07) is 0. The number of aliphatic hydroxyl groups excluding tert-OH is 2. The van der Waals surface area contributed by atoms with Gasteiger partial charge in [-0.1, -0.05) is 151 Å². The average Bonchev–Trinajstić information content (AvgIpc) is 3.17. The number of carbonyl (C=O) groups excluding carboxylic acids is 2. The van der Waals surface area contributed by atoms with Crippen molar-refractivity contribution in [2.24, 2.45) is 5.92 Å². The quantitative estimate of drug-likeness (QED) is 0.0128. The third kappa shape index (κ3) is 42.0. The van der Waals surface area contributed by atoms with Gasteiger partial charge in [0.25, 0.3) is 0 Å². The summed E-state index contributed by atoms with van der Waals surface area (Å²) in [5.74, 6) is -0.406. The van der Waals surface area contributed by atoms with Crippen LogP contribution in [0.25, 0.3) is 0 Å². The molecule has 0 rings (SSSR count). The third-order valence-corrected chi connectivity index (χ3v) is 9.81. The van der Waals surface area contributed by atoms with Gasteiger partial charge in [-0.25, -0.2) is 9.13 Å². The van der Waals surface area contributed by atoms with E-state index in [0.717, 1.165) is 44.4 Å². The van der Waals surface area contributed by atoms with E-state index in [1.54, 1.807) is 6.08 Å². The summed E-state index contributed by atoms with van der Waals surface area (Å²) in [5.41, 5.74) is 0. The number of hydrogen-bond donors (Lipinski definition) is 5. The van der Waals surface area contributed by atoms with E-state index in [9.17, 15) is 33.8 Å². The Morgan fingerprint density at radius 2 is 1.17 bits per heavy atom. The second kappa shape index (κ2) is 37.3. The molecular formula is C43H74O14P2. The molecule has 0 aromatic heterocycles. The van der Waals surface area contributed by atoms with Crippen LogP contribution in [0.15, 0.2) is 72.9 Å². The van der Waals surface area contributed by atoms with E-state index in [2.05, 4.69) is 42.0 Å². The summed E-state index contributed by atoms with van der Waals surface area (Å²) >= 11 is 0. The summed E-state index contributed by atoms with van der Waals surface area (Å²) in [5, 5.41) is 19.6. The van der Waals surface area contributed by atoms with Gasteiger partial charge in [0.15, 0.2) is 6.10 Å². The first kappa shape index (κ1) is 56.5. The van der Waals surface area contributed by atoms with E-state index in [1.165, 1.54) is 38.5 Å². The number of ether oxygens (including phenoxy) is 2. The SMILES string of the molecule is CC/C=C\CC(O)/C=C/C=C/C/C=C\C/C=C\C/C=C\CCC(=O)O[C@H](COC(=O)CCCCCCCCCCCC(C)C)COP(=O)(O)OC[C@@H](O)COP(=O)(O)O. The minimum atomic E-state index is -4.88.